The Labute approximate surface area is 130 Å². The number of aromatic nitrogens is 3. The van der Waals surface area contributed by atoms with Gasteiger partial charge in [0, 0.05) is 24.8 Å². The second-order valence-corrected chi connectivity index (χ2v) is 5.45. The highest BCUT2D eigenvalue weighted by atomic mass is 35.5. The second-order valence-electron chi connectivity index (χ2n) is 5.11. The summed E-state index contributed by atoms with van der Waals surface area (Å²) in [7, 11) is 0. The van der Waals surface area contributed by atoms with Crippen LogP contribution in [-0.2, 0) is 13.1 Å². The number of H-pyrrole nitrogens is 1. The van der Waals surface area contributed by atoms with Crippen molar-refractivity contribution in [1.82, 2.24) is 20.3 Å². The molecule has 110 valence electrons. The van der Waals surface area contributed by atoms with E-state index in [1.807, 2.05) is 24.3 Å². The molecule has 4 rings (SSSR count). The Balaban J connectivity index is 1.59. The van der Waals surface area contributed by atoms with E-state index >= 15 is 0 Å². The number of benzene rings is 1. The van der Waals surface area contributed by atoms with Crippen molar-refractivity contribution < 1.29 is 4.79 Å². The largest absolute Gasteiger partial charge is 0.365 e. The molecule has 3 heterocycles. The molecule has 3 aromatic rings. The quantitative estimate of drug-likeness (QED) is 0.649. The number of carbonyl (C=O) groups is 1. The van der Waals surface area contributed by atoms with Crippen LogP contribution < -0.4 is 10.6 Å². The third-order valence-electron chi connectivity index (χ3n) is 3.70. The SMILES string of the molecule is O=C1NCc2cc(CNc3nc(Cl)nc4[nH]ccc34)ccc21. The number of nitrogens with one attached hydrogen (secondary N) is 3. The smallest absolute Gasteiger partial charge is 0.251 e. The number of aromatic amines is 1. The Morgan fingerprint density at radius 3 is 3.09 bits per heavy atom. The summed E-state index contributed by atoms with van der Waals surface area (Å²) in [6, 6.07) is 7.72. The third kappa shape index (κ3) is 2.17. The van der Waals surface area contributed by atoms with Crippen molar-refractivity contribution in [1.29, 1.82) is 0 Å². The van der Waals surface area contributed by atoms with Crippen LogP contribution in [0.25, 0.3) is 11.0 Å². The maximum Gasteiger partial charge on any atom is 0.251 e. The molecule has 1 aliphatic heterocycles. The fourth-order valence-electron chi connectivity index (χ4n) is 2.63. The van der Waals surface area contributed by atoms with Crippen molar-refractivity contribution in [3.8, 4) is 0 Å². The van der Waals surface area contributed by atoms with Crippen molar-refractivity contribution in [2.75, 3.05) is 5.32 Å². The molecule has 0 saturated carbocycles. The summed E-state index contributed by atoms with van der Waals surface area (Å²) in [5, 5.41) is 7.17. The van der Waals surface area contributed by atoms with E-state index in [0.717, 1.165) is 22.1 Å². The molecule has 7 heteroatoms. The van der Waals surface area contributed by atoms with Crippen molar-refractivity contribution in [3.05, 3.63) is 52.4 Å². The maximum absolute atomic E-state index is 11.5. The fraction of sp³-hybridized carbons (Fsp3) is 0.133. The Morgan fingerprint density at radius 2 is 2.18 bits per heavy atom. The van der Waals surface area contributed by atoms with Crippen LogP contribution in [-0.4, -0.2) is 20.9 Å². The summed E-state index contributed by atoms with van der Waals surface area (Å²) in [6.07, 6.45) is 1.80. The van der Waals surface area contributed by atoms with E-state index in [-0.39, 0.29) is 11.2 Å². The summed E-state index contributed by atoms with van der Waals surface area (Å²) in [5.74, 6) is 0.678. The van der Waals surface area contributed by atoms with Gasteiger partial charge in [-0.15, -0.1) is 0 Å². The molecular formula is C15H12ClN5O. The molecule has 6 nitrogen and oxygen atoms in total. The number of rotatable bonds is 3. The van der Waals surface area contributed by atoms with Gasteiger partial charge in [-0.1, -0.05) is 12.1 Å². The van der Waals surface area contributed by atoms with Crippen LogP contribution in [0.2, 0.25) is 5.28 Å². The molecule has 0 unspecified atom stereocenters. The lowest BCUT2D eigenvalue weighted by atomic mass is 10.1. The van der Waals surface area contributed by atoms with Gasteiger partial charge in [-0.25, -0.2) is 4.98 Å². The minimum absolute atomic E-state index is 0.00822. The lowest BCUT2D eigenvalue weighted by Gasteiger charge is -2.08. The first-order valence-corrected chi connectivity index (χ1v) is 7.23. The van der Waals surface area contributed by atoms with Crippen LogP contribution in [0.1, 0.15) is 21.5 Å². The minimum Gasteiger partial charge on any atom is -0.365 e. The van der Waals surface area contributed by atoms with E-state index < -0.39 is 0 Å². The van der Waals surface area contributed by atoms with Gasteiger partial charge in [0.25, 0.3) is 5.91 Å². The van der Waals surface area contributed by atoms with Crippen LogP contribution in [0, 0.1) is 0 Å². The topological polar surface area (TPSA) is 82.7 Å². The molecule has 0 aliphatic carbocycles. The molecule has 1 amide bonds. The monoisotopic (exact) mass is 313 g/mol. The van der Waals surface area contributed by atoms with Gasteiger partial charge in [-0.05, 0) is 34.9 Å². The van der Waals surface area contributed by atoms with Crippen LogP contribution in [0.5, 0.6) is 0 Å². The van der Waals surface area contributed by atoms with Gasteiger partial charge < -0.3 is 15.6 Å². The molecule has 0 saturated heterocycles. The van der Waals surface area contributed by atoms with E-state index in [1.165, 1.54) is 0 Å². The number of fused-ring (bicyclic) bond motifs is 2. The zero-order valence-electron chi connectivity index (χ0n) is 11.5. The molecule has 0 atom stereocenters. The Morgan fingerprint density at radius 1 is 1.27 bits per heavy atom. The molecule has 22 heavy (non-hydrogen) atoms. The van der Waals surface area contributed by atoms with E-state index in [9.17, 15) is 4.79 Å². The van der Waals surface area contributed by atoms with Crippen molar-refractivity contribution in [3.63, 3.8) is 0 Å². The van der Waals surface area contributed by atoms with Gasteiger partial charge in [0.1, 0.15) is 11.5 Å². The zero-order chi connectivity index (χ0) is 15.1. The predicted molar refractivity (Wildman–Crippen MR) is 83.8 cm³/mol. The van der Waals surface area contributed by atoms with Gasteiger partial charge in [0.2, 0.25) is 5.28 Å². The number of halogens is 1. The average molecular weight is 314 g/mol. The summed E-state index contributed by atoms with van der Waals surface area (Å²) >= 11 is 5.93. The molecule has 3 N–H and O–H groups in total. The van der Waals surface area contributed by atoms with E-state index in [0.29, 0.717) is 24.6 Å². The number of hydrogen-bond donors (Lipinski definition) is 3. The van der Waals surface area contributed by atoms with Gasteiger partial charge in [0.05, 0.1) is 5.39 Å². The van der Waals surface area contributed by atoms with Crippen molar-refractivity contribution in [2.45, 2.75) is 13.1 Å². The normalized spacial score (nSPS) is 13.2. The van der Waals surface area contributed by atoms with Gasteiger partial charge >= 0.3 is 0 Å². The molecule has 0 fully saturated rings. The molecule has 0 bridgehead atoms. The first kappa shape index (κ1) is 13.1. The first-order valence-electron chi connectivity index (χ1n) is 6.85. The number of hydrogen-bond acceptors (Lipinski definition) is 4. The van der Waals surface area contributed by atoms with Crippen molar-refractivity contribution >= 4 is 34.4 Å². The summed E-state index contributed by atoms with van der Waals surface area (Å²) < 4.78 is 0. The van der Waals surface area contributed by atoms with E-state index in [2.05, 4.69) is 25.6 Å². The molecule has 0 spiro atoms. The number of carbonyl (C=O) groups excluding carboxylic acids is 1. The summed E-state index contributed by atoms with van der Waals surface area (Å²) in [5.41, 5.74) is 3.55. The standard InChI is InChI=1S/C15H12ClN5O/c16-15-20-12-11(3-4-17-12)13(21-15)18-6-8-1-2-10-9(5-8)7-19-14(10)22/h1-5H,6-7H2,(H,19,22)(H2,17,18,20,21). The molecule has 1 aliphatic rings. The highest BCUT2D eigenvalue weighted by Crippen LogP contribution is 2.22. The molecule has 2 aromatic heterocycles. The molecule has 1 aromatic carbocycles. The Bertz CT molecular complexity index is 889. The van der Waals surface area contributed by atoms with Gasteiger partial charge in [-0.3, -0.25) is 4.79 Å². The predicted octanol–water partition coefficient (Wildman–Crippen LogP) is 2.47. The van der Waals surface area contributed by atoms with Gasteiger partial charge in [0.15, 0.2) is 0 Å². The third-order valence-corrected chi connectivity index (χ3v) is 3.87. The number of anilines is 1. The molecular weight excluding hydrogens is 302 g/mol. The first-order chi connectivity index (χ1) is 10.7. The molecule has 0 radical (unpaired) electrons. The Hall–Kier alpha value is -2.60. The minimum atomic E-state index is -0.00822. The summed E-state index contributed by atoms with van der Waals surface area (Å²) in [6.45, 7) is 1.18. The van der Waals surface area contributed by atoms with Crippen LogP contribution in [0.15, 0.2) is 30.5 Å². The number of nitrogens with zero attached hydrogens (tertiary/aromatic N) is 2. The van der Waals surface area contributed by atoms with E-state index in [1.54, 1.807) is 6.20 Å². The van der Waals surface area contributed by atoms with Crippen LogP contribution in [0.4, 0.5) is 5.82 Å². The Kier molecular flexibility index (Phi) is 2.97. The highest BCUT2D eigenvalue weighted by Gasteiger charge is 2.18. The average Bonchev–Trinajstić information content (AvgIpc) is 3.11. The lowest BCUT2D eigenvalue weighted by molar-refractivity contribution is 0.0966. The maximum atomic E-state index is 11.5. The van der Waals surface area contributed by atoms with E-state index in [4.69, 9.17) is 11.6 Å². The highest BCUT2D eigenvalue weighted by molar-refractivity contribution is 6.28. The van der Waals surface area contributed by atoms with Crippen LogP contribution in [0.3, 0.4) is 0 Å². The number of amides is 1. The lowest BCUT2D eigenvalue weighted by Crippen LogP contribution is -2.12. The summed E-state index contributed by atoms with van der Waals surface area (Å²) in [4.78, 5) is 22.9. The van der Waals surface area contributed by atoms with Gasteiger partial charge in [-0.2, -0.15) is 4.98 Å². The second kappa shape index (κ2) is 4.99. The zero-order valence-corrected chi connectivity index (χ0v) is 12.2. The van der Waals surface area contributed by atoms with Crippen molar-refractivity contribution in [2.24, 2.45) is 0 Å². The van der Waals surface area contributed by atoms with Crippen LogP contribution >= 0.6 is 11.6 Å². The fourth-order valence-corrected chi connectivity index (χ4v) is 2.80.